The Bertz CT molecular complexity index is 869. The van der Waals surface area contributed by atoms with Gasteiger partial charge in [0.1, 0.15) is 12.4 Å². The van der Waals surface area contributed by atoms with Crippen molar-refractivity contribution in [3.05, 3.63) is 65.7 Å². The van der Waals surface area contributed by atoms with Crippen LogP contribution in [0.5, 0.6) is 5.75 Å². The van der Waals surface area contributed by atoms with E-state index in [2.05, 4.69) is 24.3 Å². The van der Waals surface area contributed by atoms with Crippen molar-refractivity contribution in [3.63, 3.8) is 0 Å². The van der Waals surface area contributed by atoms with Gasteiger partial charge < -0.3 is 20.5 Å². The first-order valence-electron chi connectivity index (χ1n) is 12.0. The largest absolute Gasteiger partial charge is 0.491 e. The molecule has 0 aliphatic carbocycles. The van der Waals surface area contributed by atoms with Crippen LogP contribution in [-0.2, 0) is 22.4 Å². The van der Waals surface area contributed by atoms with Gasteiger partial charge in [-0.3, -0.25) is 9.59 Å². The lowest BCUT2D eigenvalue weighted by Crippen LogP contribution is -2.38. The molecule has 1 aliphatic rings. The number of hydrogen-bond acceptors (Lipinski definition) is 4. The first-order chi connectivity index (χ1) is 16.1. The number of carboxylic acids is 1. The maximum absolute atomic E-state index is 12.9. The van der Waals surface area contributed by atoms with Crippen molar-refractivity contribution in [1.82, 2.24) is 4.90 Å². The lowest BCUT2D eigenvalue weighted by molar-refractivity contribution is -0.142. The number of aryl methyl sites for hydroxylation is 2. The van der Waals surface area contributed by atoms with Gasteiger partial charge in [0.25, 0.3) is 0 Å². The number of benzene rings is 2. The van der Waals surface area contributed by atoms with Gasteiger partial charge in [-0.25, -0.2) is 0 Å². The number of amides is 1. The molecule has 2 aromatic rings. The van der Waals surface area contributed by atoms with Crippen LogP contribution in [0, 0.1) is 5.92 Å². The predicted octanol–water partition coefficient (Wildman–Crippen LogP) is 4.06. The van der Waals surface area contributed by atoms with Crippen LogP contribution < -0.4 is 10.5 Å². The smallest absolute Gasteiger partial charge is 0.304 e. The van der Waals surface area contributed by atoms with Gasteiger partial charge in [-0.2, -0.15) is 0 Å². The number of carboxylic acid groups (broad SMARTS) is 1. The molecule has 0 saturated carbocycles. The van der Waals surface area contributed by atoms with Crippen LogP contribution in [0.1, 0.15) is 49.7 Å². The summed E-state index contributed by atoms with van der Waals surface area (Å²) in [5.41, 5.74) is 8.06. The van der Waals surface area contributed by atoms with Crippen LogP contribution in [-0.4, -0.2) is 47.6 Å². The molecule has 0 aromatic heterocycles. The Morgan fingerprint density at radius 1 is 0.970 bits per heavy atom. The Hall–Kier alpha value is -2.86. The number of carbonyl (C=O) groups is 2. The molecule has 2 aromatic carbocycles. The van der Waals surface area contributed by atoms with E-state index in [1.54, 1.807) is 0 Å². The zero-order valence-corrected chi connectivity index (χ0v) is 19.3. The third-order valence-corrected chi connectivity index (χ3v) is 6.29. The van der Waals surface area contributed by atoms with E-state index < -0.39 is 11.9 Å². The maximum Gasteiger partial charge on any atom is 0.304 e. The minimum absolute atomic E-state index is 0.0631. The summed E-state index contributed by atoms with van der Waals surface area (Å²) < 4.78 is 6.03. The van der Waals surface area contributed by atoms with E-state index in [9.17, 15) is 14.7 Å². The molecular weight excluding hydrogens is 416 g/mol. The molecule has 3 N–H and O–H groups in total. The summed E-state index contributed by atoms with van der Waals surface area (Å²) in [7, 11) is 0. The quantitative estimate of drug-likeness (QED) is 0.422. The highest BCUT2D eigenvalue weighted by atomic mass is 16.5. The molecule has 3 rings (SSSR count). The molecule has 0 spiro atoms. The van der Waals surface area contributed by atoms with Crippen LogP contribution in [0.4, 0.5) is 0 Å². The van der Waals surface area contributed by atoms with Crippen molar-refractivity contribution in [3.8, 4) is 5.75 Å². The van der Waals surface area contributed by atoms with E-state index in [0.29, 0.717) is 19.6 Å². The Balaban J connectivity index is 1.53. The summed E-state index contributed by atoms with van der Waals surface area (Å²) in [6.07, 6.45) is 6.49. The number of nitrogens with zero attached hydrogens (tertiary/aromatic N) is 1. The molecule has 6 heteroatoms. The van der Waals surface area contributed by atoms with Crippen molar-refractivity contribution in [2.75, 3.05) is 19.7 Å². The first-order valence-corrected chi connectivity index (χ1v) is 12.0. The molecule has 2 atom stereocenters. The average Bonchev–Trinajstić information content (AvgIpc) is 3.10. The SMILES string of the molecule is NCCCCCc1ccc(OC[C@@H]2C[C@@H](CC(=O)O)C(=O)N2CCCc2ccccc2)cc1. The van der Waals surface area contributed by atoms with Crippen molar-refractivity contribution in [2.45, 2.75) is 57.4 Å². The number of carbonyl (C=O) groups excluding carboxylic acids is 1. The van der Waals surface area contributed by atoms with Gasteiger partial charge in [0.05, 0.1) is 18.4 Å². The fourth-order valence-electron chi connectivity index (χ4n) is 4.50. The minimum atomic E-state index is -0.929. The molecule has 33 heavy (non-hydrogen) atoms. The second-order valence-electron chi connectivity index (χ2n) is 8.86. The number of hydrogen-bond donors (Lipinski definition) is 2. The standard InChI is InChI=1S/C27H36N2O4/c28-16-6-2-5-10-22-12-14-25(15-13-22)33-20-24-18-23(19-26(30)31)27(32)29(24)17-7-11-21-8-3-1-4-9-21/h1,3-4,8-9,12-15,23-24H,2,5-7,10-11,16-20,28H2,(H,30,31)/t23-,24-/m0/s1. The van der Waals surface area contributed by atoms with Crippen LogP contribution in [0.15, 0.2) is 54.6 Å². The zero-order valence-electron chi connectivity index (χ0n) is 19.3. The van der Waals surface area contributed by atoms with Crippen LogP contribution in [0.2, 0.25) is 0 Å². The van der Waals surface area contributed by atoms with Crippen LogP contribution in [0.3, 0.4) is 0 Å². The number of likely N-dealkylation sites (tertiary alicyclic amines) is 1. The molecule has 1 heterocycles. The number of rotatable bonds is 14. The summed E-state index contributed by atoms with van der Waals surface area (Å²) in [6.45, 7) is 1.73. The van der Waals surface area contributed by atoms with E-state index in [4.69, 9.17) is 10.5 Å². The maximum atomic E-state index is 12.9. The Morgan fingerprint density at radius 2 is 1.67 bits per heavy atom. The van der Waals surface area contributed by atoms with Crippen LogP contribution >= 0.6 is 0 Å². The van der Waals surface area contributed by atoms with Crippen molar-refractivity contribution in [2.24, 2.45) is 11.7 Å². The molecule has 1 aliphatic heterocycles. The number of unbranched alkanes of at least 4 members (excludes halogenated alkanes) is 2. The van der Waals surface area contributed by atoms with Crippen molar-refractivity contribution in [1.29, 1.82) is 0 Å². The molecule has 1 fully saturated rings. The summed E-state index contributed by atoms with van der Waals surface area (Å²) >= 11 is 0. The van der Waals surface area contributed by atoms with E-state index in [0.717, 1.165) is 50.8 Å². The molecular formula is C27H36N2O4. The molecule has 1 amide bonds. The lowest BCUT2D eigenvalue weighted by atomic mass is 10.0. The second kappa shape index (κ2) is 13.0. The van der Waals surface area contributed by atoms with Gasteiger partial charge in [-0.15, -0.1) is 0 Å². The van der Waals surface area contributed by atoms with Gasteiger partial charge in [-0.05, 0) is 68.3 Å². The van der Waals surface area contributed by atoms with Gasteiger partial charge in [0.2, 0.25) is 5.91 Å². The fourth-order valence-corrected chi connectivity index (χ4v) is 4.50. The van der Waals surface area contributed by atoms with Crippen molar-refractivity contribution < 1.29 is 19.4 Å². The predicted molar refractivity (Wildman–Crippen MR) is 129 cm³/mol. The highest BCUT2D eigenvalue weighted by Crippen LogP contribution is 2.28. The lowest BCUT2D eigenvalue weighted by Gasteiger charge is -2.25. The molecule has 0 radical (unpaired) electrons. The highest BCUT2D eigenvalue weighted by molar-refractivity contribution is 5.85. The monoisotopic (exact) mass is 452 g/mol. The summed E-state index contributed by atoms with van der Waals surface area (Å²) in [6, 6.07) is 18.2. The second-order valence-corrected chi connectivity index (χ2v) is 8.86. The summed E-state index contributed by atoms with van der Waals surface area (Å²) in [4.78, 5) is 26.0. The van der Waals surface area contributed by atoms with E-state index in [1.807, 2.05) is 35.2 Å². The molecule has 0 unspecified atom stereocenters. The fraction of sp³-hybridized carbons (Fsp3) is 0.481. The van der Waals surface area contributed by atoms with Gasteiger partial charge >= 0.3 is 5.97 Å². The summed E-state index contributed by atoms with van der Waals surface area (Å²) in [5.74, 6) is -0.684. The van der Waals surface area contributed by atoms with Crippen molar-refractivity contribution >= 4 is 11.9 Å². The third kappa shape index (κ3) is 7.90. The van der Waals surface area contributed by atoms with E-state index in [1.165, 1.54) is 11.1 Å². The minimum Gasteiger partial charge on any atom is -0.491 e. The number of aliphatic carboxylic acids is 1. The van der Waals surface area contributed by atoms with E-state index >= 15 is 0 Å². The first kappa shape index (κ1) is 24.8. The van der Waals surface area contributed by atoms with Gasteiger partial charge in [0, 0.05) is 6.54 Å². The molecule has 0 bridgehead atoms. The Labute approximate surface area is 196 Å². The normalized spacial score (nSPS) is 18.0. The number of nitrogens with two attached hydrogens (primary N) is 1. The van der Waals surface area contributed by atoms with E-state index in [-0.39, 0.29) is 18.4 Å². The molecule has 178 valence electrons. The molecule has 6 nitrogen and oxygen atoms in total. The zero-order chi connectivity index (χ0) is 23.5. The van der Waals surface area contributed by atoms with Gasteiger partial charge in [0.15, 0.2) is 0 Å². The average molecular weight is 453 g/mol. The Morgan fingerprint density at radius 3 is 2.36 bits per heavy atom. The summed E-state index contributed by atoms with van der Waals surface area (Å²) in [5, 5.41) is 9.21. The highest BCUT2D eigenvalue weighted by Gasteiger charge is 2.40. The topological polar surface area (TPSA) is 92.9 Å². The third-order valence-electron chi connectivity index (χ3n) is 6.29. The van der Waals surface area contributed by atoms with Crippen LogP contribution in [0.25, 0.3) is 0 Å². The van der Waals surface area contributed by atoms with Gasteiger partial charge in [-0.1, -0.05) is 48.9 Å². The molecule has 1 saturated heterocycles. The Kier molecular flexibility index (Phi) is 9.76. The number of ether oxygens (including phenoxy) is 1.